The summed E-state index contributed by atoms with van der Waals surface area (Å²) in [6.07, 6.45) is 0. The highest BCUT2D eigenvalue weighted by Gasteiger charge is 2.05. The van der Waals surface area contributed by atoms with Gasteiger partial charge in [-0.15, -0.1) is 11.8 Å². The molecule has 0 saturated heterocycles. The number of carbonyl (C=O) groups excluding carboxylic acids is 2. The second-order valence-electron chi connectivity index (χ2n) is 4.56. The third-order valence-electron chi connectivity index (χ3n) is 2.41. The largest absolute Gasteiger partial charge is 0.354 e. The molecule has 0 aliphatic carbocycles. The van der Waals surface area contributed by atoms with Crippen LogP contribution in [0, 0.1) is 0 Å². The van der Waals surface area contributed by atoms with Gasteiger partial charge in [-0.3, -0.25) is 9.59 Å². The van der Waals surface area contributed by atoms with Crippen molar-refractivity contribution >= 4 is 29.3 Å². The molecule has 0 saturated carbocycles. The normalized spacial score (nSPS) is 10.3. The molecule has 0 aliphatic rings. The van der Waals surface area contributed by atoms with Crippen molar-refractivity contribution in [2.45, 2.75) is 0 Å². The molecule has 0 unspecified atom stereocenters. The first-order valence-electron chi connectivity index (χ1n) is 6.42. The van der Waals surface area contributed by atoms with Gasteiger partial charge in [0.15, 0.2) is 0 Å². The lowest BCUT2D eigenvalue weighted by atomic mass is 10.3. The average Bonchev–Trinajstić information content (AvgIpc) is 2.39. The second kappa shape index (κ2) is 9.39. The molecule has 0 heterocycles. The lowest BCUT2D eigenvalue weighted by Crippen LogP contribution is -2.32. The van der Waals surface area contributed by atoms with E-state index in [4.69, 9.17) is 0 Å². The number of rotatable bonds is 8. The quantitative estimate of drug-likeness (QED) is 0.752. The topological polar surface area (TPSA) is 61.4 Å². The molecule has 2 N–H and O–H groups in total. The van der Waals surface area contributed by atoms with Crippen LogP contribution in [-0.2, 0) is 9.59 Å². The fourth-order valence-electron chi connectivity index (χ4n) is 1.42. The van der Waals surface area contributed by atoms with Crippen molar-refractivity contribution in [3.8, 4) is 0 Å². The molecule has 0 aliphatic heterocycles. The van der Waals surface area contributed by atoms with Gasteiger partial charge in [0.1, 0.15) is 0 Å². The third kappa shape index (κ3) is 7.81. The van der Waals surface area contributed by atoms with Gasteiger partial charge in [0, 0.05) is 18.8 Å². The predicted molar refractivity (Wildman–Crippen MR) is 84.0 cm³/mol. The van der Waals surface area contributed by atoms with Crippen LogP contribution in [0.15, 0.2) is 30.3 Å². The Bertz CT molecular complexity index is 424. The molecule has 2 amide bonds. The summed E-state index contributed by atoms with van der Waals surface area (Å²) in [6, 6.07) is 9.28. The Morgan fingerprint density at radius 3 is 2.40 bits per heavy atom. The molecule has 0 fully saturated rings. The zero-order valence-electron chi connectivity index (χ0n) is 11.9. The minimum Gasteiger partial charge on any atom is -0.354 e. The molecule has 1 aromatic carbocycles. The average molecular weight is 295 g/mol. The highest BCUT2D eigenvalue weighted by Crippen LogP contribution is 2.06. The van der Waals surface area contributed by atoms with Gasteiger partial charge in [0.2, 0.25) is 11.8 Å². The number of nitrogens with one attached hydrogen (secondary N) is 2. The van der Waals surface area contributed by atoms with E-state index in [-0.39, 0.29) is 17.6 Å². The maximum absolute atomic E-state index is 11.6. The monoisotopic (exact) mass is 295 g/mol. The Balaban J connectivity index is 2.11. The minimum atomic E-state index is -0.0951. The first-order chi connectivity index (χ1) is 9.58. The van der Waals surface area contributed by atoms with Crippen LogP contribution in [-0.4, -0.2) is 55.4 Å². The molecule has 1 rings (SSSR count). The number of amides is 2. The van der Waals surface area contributed by atoms with Gasteiger partial charge in [-0.25, -0.2) is 0 Å². The van der Waals surface area contributed by atoms with Gasteiger partial charge >= 0.3 is 0 Å². The Kier molecular flexibility index (Phi) is 7.75. The van der Waals surface area contributed by atoms with Crippen molar-refractivity contribution in [1.82, 2.24) is 10.2 Å². The number of anilines is 1. The van der Waals surface area contributed by atoms with Crippen LogP contribution in [0.5, 0.6) is 0 Å². The molecule has 1 aromatic rings. The highest BCUT2D eigenvalue weighted by molar-refractivity contribution is 8.00. The molecule has 0 radical (unpaired) electrons. The summed E-state index contributed by atoms with van der Waals surface area (Å²) in [4.78, 5) is 25.1. The summed E-state index contributed by atoms with van der Waals surface area (Å²) in [5, 5.41) is 5.58. The van der Waals surface area contributed by atoms with Crippen LogP contribution >= 0.6 is 11.8 Å². The predicted octanol–water partition coefficient (Wildman–Crippen LogP) is 1.04. The Morgan fingerprint density at radius 1 is 1.10 bits per heavy atom. The van der Waals surface area contributed by atoms with E-state index in [1.54, 1.807) is 0 Å². The number of hydrogen-bond acceptors (Lipinski definition) is 4. The number of benzene rings is 1. The number of para-hydroxylation sites is 1. The molecule has 110 valence electrons. The van der Waals surface area contributed by atoms with Crippen molar-refractivity contribution in [2.24, 2.45) is 0 Å². The molecule has 6 heteroatoms. The summed E-state index contributed by atoms with van der Waals surface area (Å²) < 4.78 is 0. The van der Waals surface area contributed by atoms with E-state index >= 15 is 0 Å². The summed E-state index contributed by atoms with van der Waals surface area (Å²) in [6.45, 7) is 1.44. The van der Waals surface area contributed by atoms with Crippen LogP contribution in [0.4, 0.5) is 5.69 Å². The molecule has 20 heavy (non-hydrogen) atoms. The molecule has 5 nitrogen and oxygen atoms in total. The molecule has 0 bridgehead atoms. The lowest BCUT2D eigenvalue weighted by Gasteiger charge is -2.10. The van der Waals surface area contributed by atoms with Crippen LogP contribution in [0.3, 0.4) is 0 Å². The van der Waals surface area contributed by atoms with E-state index in [9.17, 15) is 9.59 Å². The Labute approximate surface area is 124 Å². The van der Waals surface area contributed by atoms with Crippen molar-refractivity contribution in [2.75, 3.05) is 44.0 Å². The third-order valence-corrected chi connectivity index (χ3v) is 3.34. The summed E-state index contributed by atoms with van der Waals surface area (Å²) >= 11 is 1.31. The Hall–Kier alpha value is -1.53. The van der Waals surface area contributed by atoms with E-state index in [0.29, 0.717) is 12.3 Å². The first kappa shape index (κ1) is 16.5. The van der Waals surface area contributed by atoms with E-state index in [2.05, 4.69) is 10.6 Å². The number of carbonyl (C=O) groups is 2. The molecular weight excluding hydrogens is 274 g/mol. The zero-order valence-corrected chi connectivity index (χ0v) is 12.7. The van der Waals surface area contributed by atoms with Crippen LogP contribution in [0.2, 0.25) is 0 Å². The summed E-state index contributed by atoms with van der Waals surface area (Å²) in [5.41, 5.74) is 0.772. The number of likely N-dealkylation sites (N-methyl/N-ethyl adjacent to an activating group) is 1. The minimum absolute atomic E-state index is 0.0376. The van der Waals surface area contributed by atoms with Crippen LogP contribution < -0.4 is 10.6 Å². The fourth-order valence-corrected chi connectivity index (χ4v) is 2.07. The summed E-state index contributed by atoms with van der Waals surface area (Å²) in [5.74, 6) is 0.442. The fraction of sp³-hybridized carbons (Fsp3) is 0.429. The molecule has 0 spiro atoms. The Morgan fingerprint density at radius 2 is 1.75 bits per heavy atom. The summed E-state index contributed by atoms with van der Waals surface area (Å²) in [7, 11) is 3.91. The zero-order chi connectivity index (χ0) is 14.8. The van der Waals surface area contributed by atoms with Gasteiger partial charge in [0.25, 0.3) is 0 Å². The molecular formula is C14H21N3O2S. The van der Waals surface area contributed by atoms with Crippen molar-refractivity contribution < 1.29 is 9.59 Å². The molecule has 0 aromatic heterocycles. The number of nitrogens with zero attached hydrogens (tertiary/aromatic N) is 1. The number of hydrogen-bond donors (Lipinski definition) is 2. The highest BCUT2D eigenvalue weighted by atomic mass is 32.2. The van der Waals surface area contributed by atoms with Crippen molar-refractivity contribution in [1.29, 1.82) is 0 Å². The van der Waals surface area contributed by atoms with Gasteiger partial charge < -0.3 is 15.5 Å². The first-order valence-corrected chi connectivity index (χ1v) is 7.57. The van der Waals surface area contributed by atoms with Gasteiger partial charge in [-0.05, 0) is 26.2 Å². The SMILES string of the molecule is CN(C)CCNC(=O)CSCC(=O)Nc1ccccc1. The van der Waals surface area contributed by atoms with E-state index in [1.165, 1.54) is 11.8 Å². The maximum Gasteiger partial charge on any atom is 0.234 e. The van der Waals surface area contributed by atoms with Crippen LogP contribution in [0.25, 0.3) is 0 Å². The van der Waals surface area contributed by atoms with Gasteiger partial charge in [0.05, 0.1) is 11.5 Å². The van der Waals surface area contributed by atoms with Crippen molar-refractivity contribution in [3.63, 3.8) is 0 Å². The molecule has 0 atom stereocenters. The van der Waals surface area contributed by atoms with Crippen LogP contribution in [0.1, 0.15) is 0 Å². The van der Waals surface area contributed by atoms with E-state index < -0.39 is 0 Å². The lowest BCUT2D eigenvalue weighted by molar-refractivity contribution is -0.118. The van der Waals surface area contributed by atoms with Gasteiger partial charge in [-0.2, -0.15) is 0 Å². The number of thioether (sulfide) groups is 1. The standard InChI is InChI=1S/C14H21N3O2S/c1-17(2)9-8-15-13(18)10-20-11-14(19)16-12-6-4-3-5-7-12/h3-7H,8-11H2,1-2H3,(H,15,18)(H,16,19). The van der Waals surface area contributed by atoms with Gasteiger partial charge in [-0.1, -0.05) is 18.2 Å². The smallest absolute Gasteiger partial charge is 0.234 e. The maximum atomic E-state index is 11.6. The van der Waals surface area contributed by atoms with E-state index in [0.717, 1.165) is 12.2 Å². The van der Waals surface area contributed by atoms with Crippen molar-refractivity contribution in [3.05, 3.63) is 30.3 Å². The van der Waals surface area contributed by atoms with E-state index in [1.807, 2.05) is 49.3 Å². The second-order valence-corrected chi connectivity index (χ2v) is 5.55.